The third-order valence-corrected chi connectivity index (χ3v) is 4.84. The molecule has 28 heavy (non-hydrogen) atoms. The number of hydrogen-bond donors (Lipinski definition) is 1. The Balaban J connectivity index is 1.52. The van der Waals surface area contributed by atoms with Crippen molar-refractivity contribution in [3.05, 3.63) is 70.8 Å². The van der Waals surface area contributed by atoms with E-state index < -0.39 is 17.5 Å². The zero-order valence-corrected chi connectivity index (χ0v) is 15.1. The zero-order valence-electron chi connectivity index (χ0n) is 15.1. The second kappa shape index (κ2) is 8.61. The first-order chi connectivity index (χ1) is 13.5. The van der Waals surface area contributed by atoms with Gasteiger partial charge in [-0.3, -0.25) is 9.59 Å². The number of nitriles is 1. The lowest BCUT2D eigenvalue weighted by Gasteiger charge is -2.31. The number of nitrogens with zero attached hydrogens (tertiary/aromatic N) is 2. The SMILES string of the molecule is N#Cc1cccc(CNC(=O)C2CCN(C(=O)c3ccc(F)cc3F)CC2)c1. The van der Waals surface area contributed by atoms with Gasteiger partial charge in [0.1, 0.15) is 11.6 Å². The number of amides is 2. The maximum Gasteiger partial charge on any atom is 0.256 e. The van der Waals surface area contributed by atoms with Crippen LogP contribution in [0.2, 0.25) is 0 Å². The second-order valence-electron chi connectivity index (χ2n) is 6.72. The highest BCUT2D eigenvalue weighted by Crippen LogP contribution is 2.21. The molecular weight excluding hydrogens is 364 g/mol. The summed E-state index contributed by atoms with van der Waals surface area (Å²) in [4.78, 5) is 26.3. The summed E-state index contributed by atoms with van der Waals surface area (Å²) in [6.07, 6.45) is 0.942. The first-order valence-electron chi connectivity index (χ1n) is 8.99. The van der Waals surface area contributed by atoms with E-state index >= 15 is 0 Å². The molecule has 0 atom stereocenters. The molecule has 0 saturated carbocycles. The van der Waals surface area contributed by atoms with Gasteiger partial charge in [0, 0.05) is 31.6 Å². The number of halogens is 2. The number of rotatable bonds is 4. The van der Waals surface area contributed by atoms with E-state index in [4.69, 9.17) is 5.26 Å². The second-order valence-corrected chi connectivity index (χ2v) is 6.72. The van der Waals surface area contributed by atoms with Crippen LogP contribution in [0, 0.1) is 28.9 Å². The van der Waals surface area contributed by atoms with Crippen molar-refractivity contribution < 1.29 is 18.4 Å². The minimum Gasteiger partial charge on any atom is -0.352 e. The van der Waals surface area contributed by atoms with Crippen molar-refractivity contribution in [2.75, 3.05) is 13.1 Å². The molecule has 7 heteroatoms. The van der Waals surface area contributed by atoms with Gasteiger partial charge in [0.05, 0.1) is 17.2 Å². The molecule has 1 saturated heterocycles. The maximum atomic E-state index is 13.8. The first-order valence-corrected chi connectivity index (χ1v) is 8.99. The number of nitrogens with one attached hydrogen (secondary N) is 1. The van der Waals surface area contributed by atoms with Crippen molar-refractivity contribution in [2.45, 2.75) is 19.4 Å². The zero-order chi connectivity index (χ0) is 20.1. The number of carbonyl (C=O) groups is 2. The molecule has 0 bridgehead atoms. The molecule has 0 radical (unpaired) electrons. The average Bonchev–Trinajstić information content (AvgIpc) is 2.72. The molecule has 2 aromatic carbocycles. The number of carbonyl (C=O) groups excluding carboxylic acids is 2. The predicted octanol–water partition coefficient (Wildman–Crippen LogP) is 3.01. The van der Waals surface area contributed by atoms with Crippen LogP contribution in [0.1, 0.15) is 34.3 Å². The molecule has 3 rings (SSSR count). The van der Waals surface area contributed by atoms with Gasteiger partial charge in [0.15, 0.2) is 0 Å². The molecule has 1 heterocycles. The maximum absolute atomic E-state index is 13.8. The minimum absolute atomic E-state index is 0.109. The Morgan fingerprint density at radius 1 is 1.14 bits per heavy atom. The van der Waals surface area contributed by atoms with Crippen LogP contribution in [-0.2, 0) is 11.3 Å². The Hall–Kier alpha value is -3.27. The van der Waals surface area contributed by atoms with Crippen LogP contribution >= 0.6 is 0 Å². The van der Waals surface area contributed by atoms with E-state index in [1.807, 2.05) is 6.07 Å². The third kappa shape index (κ3) is 4.52. The highest BCUT2D eigenvalue weighted by molar-refractivity contribution is 5.94. The minimum atomic E-state index is -0.885. The van der Waals surface area contributed by atoms with Crippen molar-refractivity contribution >= 4 is 11.8 Å². The molecule has 0 spiro atoms. The summed E-state index contributed by atoms with van der Waals surface area (Å²) < 4.78 is 26.8. The third-order valence-electron chi connectivity index (χ3n) is 4.84. The molecule has 1 fully saturated rings. The van der Waals surface area contributed by atoms with Gasteiger partial charge in [-0.15, -0.1) is 0 Å². The summed E-state index contributed by atoms with van der Waals surface area (Å²) in [5.74, 6) is -2.46. The van der Waals surface area contributed by atoms with Gasteiger partial charge in [-0.2, -0.15) is 5.26 Å². The molecule has 1 aliphatic rings. The lowest BCUT2D eigenvalue weighted by molar-refractivity contribution is -0.126. The van der Waals surface area contributed by atoms with Crippen LogP contribution in [0.3, 0.4) is 0 Å². The molecule has 2 amide bonds. The number of benzene rings is 2. The van der Waals surface area contributed by atoms with E-state index in [-0.39, 0.29) is 17.4 Å². The Kier molecular flexibility index (Phi) is 5.99. The van der Waals surface area contributed by atoms with Crippen molar-refractivity contribution in [3.63, 3.8) is 0 Å². The van der Waals surface area contributed by atoms with Crippen LogP contribution in [0.15, 0.2) is 42.5 Å². The lowest BCUT2D eigenvalue weighted by atomic mass is 9.95. The van der Waals surface area contributed by atoms with Crippen LogP contribution in [0.5, 0.6) is 0 Å². The van der Waals surface area contributed by atoms with Crippen LogP contribution in [0.25, 0.3) is 0 Å². The van der Waals surface area contributed by atoms with E-state index in [0.29, 0.717) is 44.1 Å². The van der Waals surface area contributed by atoms with E-state index in [1.54, 1.807) is 18.2 Å². The van der Waals surface area contributed by atoms with Crippen LogP contribution in [0.4, 0.5) is 8.78 Å². The van der Waals surface area contributed by atoms with E-state index in [1.165, 1.54) is 4.90 Å². The fourth-order valence-corrected chi connectivity index (χ4v) is 3.26. The van der Waals surface area contributed by atoms with Crippen molar-refractivity contribution in [2.24, 2.45) is 5.92 Å². The molecule has 1 aliphatic heterocycles. The standard InChI is InChI=1S/C21H19F2N3O2/c22-17-4-5-18(19(23)11-17)21(28)26-8-6-16(7-9-26)20(27)25-13-15-3-1-2-14(10-15)12-24/h1-5,10-11,16H,6-9,13H2,(H,25,27). The highest BCUT2D eigenvalue weighted by Gasteiger charge is 2.28. The summed E-state index contributed by atoms with van der Waals surface area (Å²) in [7, 11) is 0. The Morgan fingerprint density at radius 3 is 2.57 bits per heavy atom. The van der Waals surface area contributed by atoms with Crippen molar-refractivity contribution in [1.29, 1.82) is 5.26 Å². The molecule has 0 aromatic heterocycles. The van der Waals surface area contributed by atoms with Gasteiger partial charge < -0.3 is 10.2 Å². The van der Waals surface area contributed by atoms with E-state index in [2.05, 4.69) is 11.4 Å². The Labute approximate surface area is 161 Å². The van der Waals surface area contributed by atoms with E-state index in [9.17, 15) is 18.4 Å². The van der Waals surface area contributed by atoms with Crippen molar-refractivity contribution in [3.8, 4) is 6.07 Å². The topological polar surface area (TPSA) is 73.2 Å². The number of likely N-dealkylation sites (tertiary alicyclic amines) is 1. The number of piperidine rings is 1. The normalized spacial score (nSPS) is 14.4. The lowest BCUT2D eigenvalue weighted by Crippen LogP contribution is -2.43. The van der Waals surface area contributed by atoms with Gasteiger partial charge in [-0.1, -0.05) is 12.1 Å². The summed E-state index contributed by atoms with van der Waals surface area (Å²) in [5, 5.41) is 11.8. The fraction of sp³-hybridized carbons (Fsp3) is 0.286. The monoisotopic (exact) mass is 383 g/mol. The van der Waals surface area contributed by atoms with Crippen LogP contribution < -0.4 is 5.32 Å². The highest BCUT2D eigenvalue weighted by atomic mass is 19.1. The summed E-state index contributed by atoms with van der Waals surface area (Å²) in [5.41, 5.74) is 1.21. The molecular formula is C21H19F2N3O2. The molecule has 0 aliphatic carbocycles. The van der Waals surface area contributed by atoms with Crippen LogP contribution in [-0.4, -0.2) is 29.8 Å². The Bertz CT molecular complexity index is 931. The Morgan fingerprint density at radius 2 is 1.89 bits per heavy atom. The molecule has 144 valence electrons. The van der Waals surface area contributed by atoms with Gasteiger partial charge in [0.25, 0.3) is 5.91 Å². The van der Waals surface area contributed by atoms with Gasteiger partial charge >= 0.3 is 0 Å². The first kappa shape index (κ1) is 19.5. The summed E-state index contributed by atoms with van der Waals surface area (Å²) in [6.45, 7) is 0.990. The number of hydrogen-bond acceptors (Lipinski definition) is 3. The van der Waals surface area contributed by atoms with Crippen molar-refractivity contribution in [1.82, 2.24) is 10.2 Å². The molecule has 1 N–H and O–H groups in total. The molecule has 5 nitrogen and oxygen atoms in total. The van der Waals surface area contributed by atoms with Gasteiger partial charge in [-0.25, -0.2) is 8.78 Å². The predicted molar refractivity (Wildman–Crippen MR) is 98.0 cm³/mol. The molecule has 2 aromatic rings. The summed E-state index contributed by atoms with van der Waals surface area (Å²) >= 11 is 0. The van der Waals surface area contributed by atoms with Gasteiger partial charge in [0.2, 0.25) is 5.91 Å². The largest absolute Gasteiger partial charge is 0.352 e. The average molecular weight is 383 g/mol. The quantitative estimate of drug-likeness (QED) is 0.882. The van der Waals surface area contributed by atoms with Gasteiger partial charge in [-0.05, 0) is 42.7 Å². The fourth-order valence-electron chi connectivity index (χ4n) is 3.26. The summed E-state index contributed by atoms with van der Waals surface area (Å²) in [6, 6.07) is 12.0. The smallest absolute Gasteiger partial charge is 0.256 e. The van der Waals surface area contributed by atoms with E-state index in [0.717, 1.165) is 17.7 Å². The molecule has 0 unspecified atom stereocenters.